The zero-order valence-corrected chi connectivity index (χ0v) is 15.0. The van der Waals surface area contributed by atoms with Crippen molar-refractivity contribution in [3.63, 3.8) is 0 Å². The number of carbonyl (C=O) groups is 1. The van der Waals surface area contributed by atoms with E-state index in [-0.39, 0.29) is 6.61 Å². The fourth-order valence-corrected chi connectivity index (χ4v) is 2.43. The van der Waals surface area contributed by atoms with Gasteiger partial charge in [0.15, 0.2) is 6.61 Å². The molecule has 24 heavy (non-hydrogen) atoms. The molecule has 0 saturated carbocycles. The molecule has 126 valence electrons. The van der Waals surface area contributed by atoms with Crippen molar-refractivity contribution in [2.24, 2.45) is 5.10 Å². The van der Waals surface area contributed by atoms with Crippen LogP contribution in [0.4, 0.5) is 4.39 Å². The minimum Gasteiger partial charge on any atom is -0.483 e. The topological polar surface area (TPSA) is 50.7 Å². The van der Waals surface area contributed by atoms with Gasteiger partial charge in [-0.05, 0) is 45.6 Å². The van der Waals surface area contributed by atoms with Crippen LogP contribution in [0.25, 0.3) is 0 Å². The lowest BCUT2D eigenvalue weighted by molar-refractivity contribution is -0.123. The lowest BCUT2D eigenvalue weighted by Crippen LogP contribution is -2.24. The molecule has 0 aliphatic heterocycles. The minimum atomic E-state index is -0.428. The van der Waals surface area contributed by atoms with E-state index in [4.69, 9.17) is 4.74 Å². The molecule has 0 bridgehead atoms. The Morgan fingerprint density at radius 2 is 2.08 bits per heavy atom. The van der Waals surface area contributed by atoms with Crippen LogP contribution in [0.2, 0.25) is 0 Å². The first-order valence-corrected chi connectivity index (χ1v) is 8.25. The Balaban J connectivity index is 1.86. The highest BCUT2D eigenvalue weighted by Crippen LogP contribution is 2.28. The standard InChI is InChI=1S/C18H18BrFN2O2/c1-12(2)13-7-8-17(15(19)9-13)24-11-18(23)22-21-10-14-5-3-4-6-16(14)20/h3-10,12H,11H2,1-2H3,(H,22,23). The van der Waals surface area contributed by atoms with Crippen LogP contribution in [0, 0.1) is 5.82 Å². The first kappa shape index (κ1) is 18.1. The van der Waals surface area contributed by atoms with Gasteiger partial charge >= 0.3 is 0 Å². The third-order valence-corrected chi connectivity index (χ3v) is 3.90. The maximum atomic E-state index is 13.4. The average Bonchev–Trinajstić information content (AvgIpc) is 2.55. The van der Waals surface area contributed by atoms with Crippen molar-refractivity contribution in [2.45, 2.75) is 19.8 Å². The molecule has 0 fully saturated rings. The van der Waals surface area contributed by atoms with Gasteiger partial charge in [-0.2, -0.15) is 5.10 Å². The molecular formula is C18H18BrFN2O2. The molecule has 0 saturated heterocycles. The molecule has 0 radical (unpaired) electrons. The highest BCUT2D eigenvalue weighted by Gasteiger charge is 2.07. The Morgan fingerprint density at radius 1 is 1.33 bits per heavy atom. The number of ether oxygens (including phenoxy) is 1. The number of hydrogen-bond donors (Lipinski definition) is 1. The van der Waals surface area contributed by atoms with Crippen molar-refractivity contribution in [1.29, 1.82) is 0 Å². The molecule has 0 spiro atoms. The number of benzene rings is 2. The lowest BCUT2D eigenvalue weighted by atomic mass is 10.0. The van der Waals surface area contributed by atoms with Crippen molar-refractivity contribution in [1.82, 2.24) is 5.43 Å². The molecule has 1 N–H and O–H groups in total. The summed E-state index contributed by atoms with van der Waals surface area (Å²) in [7, 11) is 0. The summed E-state index contributed by atoms with van der Waals surface area (Å²) in [6.45, 7) is 4.01. The maximum Gasteiger partial charge on any atom is 0.277 e. The average molecular weight is 393 g/mol. The fraction of sp³-hybridized carbons (Fsp3) is 0.222. The molecule has 1 amide bonds. The zero-order chi connectivity index (χ0) is 17.5. The number of halogens is 2. The van der Waals surface area contributed by atoms with Gasteiger partial charge in [-0.15, -0.1) is 0 Å². The third kappa shape index (κ3) is 5.16. The van der Waals surface area contributed by atoms with Gasteiger partial charge in [0, 0.05) is 5.56 Å². The maximum absolute atomic E-state index is 13.4. The summed E-state index contributed by atoms with van der Waals surface area (Å²) in [4.78, 5) is 11.7. The highest BCUT2D eigenvalue weighted by molar-refractivity contribution is 9.10. The Kier molecular flexibility index (Phi) is 6.49. The number of carbonyl (C=O) groups excluding carboxylic acids is 1. The first-order valence-electron chi connectivity index (χ1n) is 7.46. The summed E-state index contributed by atoms with van der Waals surface area (Å²) >= 11 is 3.43. The van der Waals surface area contributed by atoms with Gasteiger partial charge in [0.25, 0.3) is 5.91 Å². The molecule has 0 aliphatic carbocycles. The van der Waals surface area contributed by atoms with Crippen LogP contribution in [0.5, 0.6) is 5.75 Å². The SMILES string of the molecule is CC(C)c1ccc(OCC(=O)NN=Cc2ccccc2F)c(Br)c1. The summed E-state index contributed by atoms with van der Waals surface area (Å²) in [5.74, 6) is 0.155. The molecule has 2 aromatic carbocycles. The van der Waals surface area contributed by atoms with Crippen molar-refractivity contribution in [3.8, 4) is 5.75 Å². The van der Waals surface area contributed by atoms with E-state index in [0.29, 0.717) is 17.2 Å². The van der Waals surface area contributed by atoms with Crippen LogP contribution in [0.3, 0.4) is 0 Å². The van der Waals surface area contributed by atoms with Crippen molar-refractivity contribution in [2.75, 3.05) is 6.61 Å². The van der Waals surface area contributed by atoms with E-state index in [2.05, 4.69) is 40.3 Å². The van der Waals surface area contributed by atoms with E-state index in [1.807, 2.05) is 18.2 Å². The van der Waals surface area contributed by atoms with E-state index in [9.17, 15) is 9.18 Å². The van der Waals surface area contributed by atoms with Crippen LogP contribution in [-0.2, 0) is 4.79 Å². The predicted molar refractivity (Wildman–Crippen MR) is 95.9 cm³/mol. The normalized spacial score (nSPS) is 11.0. The molecule has 2 aromatic rings. The van der Waals surface area contributed by atoms with Crippen LogP contribution >= 0.6 is 15.9 Å². The van der Waals surface area contributed by atoms with Crippen molar-refractivity contribution < 1.29 is 13.9 Å². The van der Waals surface area contributed by atoms with E-state index >= 15 is 0 Å². The van der Waals surface area contributed by atoms with Crippen molar-refractivity contribution >= 4 is 28.1 Å². The summed E-state index contributed by atoms with van der Waals surface area (Å²) in [6, 6.07) is 11.9. The predicted octanol–water partition coefficient (Wildman–Crippen LogP) is 4.24. The molecule has 0 unspecified atom stereocenters. The molecule has 0 atom stereocenters. The number of amides is 1. The van der Waals surface area contributed by atoms with E-state index in [0.717, 1.165) is 4.47 Å². The Bertz CT molecular complexity index is 748. The summed E-state index contributed by atoms with van der Waals surface area (Å²) in [5.41, 5.74) is 3.77. The molecule has 6 heteroatoms. The Morgan fingerprint density at radius 3 is 2.75 bits per heavy atom. The molecule has 4 nitrogen and oxygen atoms in total. The van der Waals surface area contributed by atoms with E-state index in [1.54, 1.807) is 18.2 Å². The fourth-order valence-electron chi connectivity index (χ4n) is 1.92. The van der Waals surface area contributed by atoms with Gasteiger partial charge in [0.05, 0.1) is 10.7 Å². The number of hydrogen-bond acceptors (Lipinski definition) is 3. The summed E-state index contributed by atoms with van der Waals surface area (Å²) in [6.07, 6.45) is 1.25. The Labute approximate surface area is 148 Å². The van der Waals surface area contributed by atoms with Gasteiger partial charge in [0.2, 0.25) is 0 Å². The van der Waals surface area contributed by atoms with Crippen LogP contribution < -0.4 is 10.2 Å². The van der Waals surface area contributed by atoms with Crippen molar-refractivity contribution in [3.05, 3.63) is 63.9 Å². The summed E-state index contributed by atoms with van der Waals surface area (Å²) < 4.78 is 19.6. The van der Waals surface area contributed by atoms with Gasteiger partial charge in [0.1, 0.15) is 11.6 Å². The summed E-state index contributed by atoms with van der Waals surface area (Å²) in [5, 5.41) is 3.72. The number of hydrazone groups is 1. The largest absolute Gasteiger partial charge is 0.483 e. The number of nitrogens with one attached hydrogen (secondary N) is 1. The zero-order valence-electron chi connectivity index (χ0n) is 13.4. The molecule has 0 heterocycles. The molecule has 2 rings (SSSR count). The van der Waals surface area contributed by atoms with Gasteiger partial charge < -0.3 is 4.74 Å². The van der Waals surface area contributed by atoms with E-state index in [1.165, 1.54) is 17.8 Å². The second-order valence-electron chi connectivity index (χ2n) is 5.45. The van der Waals surface area contributed by atoms with E-state index < -0.39 is 11.7 Å². The molecular weight excluding hydrogens is 375 g/mol. The smallest absolute Gasteiger partial charge is 0.277 e. The second-order valence-corrected chi connectivity index (χ2v) is 6.30. The minimum absolute atomic E-state index is 0.186. The highest BCUT2D eigenvalue weighted by atomic mass is 79.9. The van der Waals surface area contributed by atoms with Crippen LogP contribution in [0.1, 0.15) is 30.9 Å². The monoisotopic (exact) mass is 392 g/mol. The van der Waals surface area contributed by atoms with Gasteiger partial charge in [-0.3, -0.25) is 4.79 Å². The molecule has 0 aromatic heterocycles. The third-order valence-electron chi connectivity index (χ3n) is 3.28. The quantitative estimate of drug-likeness (QED) is 0.590. The molecule has 0 aliphatic rings. The number of nitrogens with zero attached hydrogens (tertiary/aromatic N) is 1. The Hall–Kier alpha value is -2.21. The van der Waals surface area contributed by atoms with Crippen LogP contribution in [0.15, 0.2) is 52.0 Å². The first-order chi connectivity index (χ1) is 11.5. The van der Waals surface area contributed by atoms with Crippen LogP contribution in [-0.4, -0.2) is 18.7 Å². The lowest BCUT2D eigenvalue weighted by Gasteiger charge is -2.10. The van der Waals surface area contributed by atoms with Gasteiger partial charge in [-0.1, -0.05) is 38.1 Å². The number of rotatable bonds is 6. The van der Waals surface area contributed by atoms with Gasteiger partial charge in [-0.25, -0.2) is 9.82 Å². The second kappa shape index (κ2) is 8.59.